The van der Waals surface area contributed by atoms with Crippen LogP contribution in [-0.4, -0.2) is 29.7 Å². The smallest absolute Gasteiger partial charge is 0.339 e. The average Bonchev–Trinajstić information content (AvgIpc) is 3.43. The molecule has 0 aliphatic rings. The van der Waals surface area contributed by atoms with Crippen LogP contribution in [-0.2, 0) is 22.5 Å². The standard InChI is InChI=1S/C25H30N2O3S/c1-6-7-10-23-26-15-20(18(3)24(25(28)30-5)22-9-8-13-31-22)27(23)16-19-11-12-21(29-4)17(2)14-19/h8-9,11-15H,6-7,10,16H2,1-5H3/b24-18-. The maximum absolute atomic E-state index is 12.7. The van der Waals surface area contributed by atoms with Crippen LogP contribution in [0.4, 0.5) is 0 Å². The van der Waals surface area contributed by atoms with E-state index < -0.39 is 0 Å². The van der Waals surface area contributed by atoms with Crippen molar-refractivity contribution in [3.05, 3.63) is 69.4 Å². The average molecular weight is 439 g/mol. The summed E-state index contributed by atoms with van der Waals surface area (Å²) in [6, 6.07) is 10.1. The van der Waals surface area contributed by atoms with Crippen molar-refractivity contribution >= 4 is 28.5 Å². The number of aryl methyl sites for hydroxylation is 2. The molecule has 3 rings (SSSR count). The first-order valence-corrected chi connectivity index (χ1v) is 11.4. The number of carbonyl (C=O) groups excluding carboxylic acids is 1. The highest BCUT2D eigenvalue weighted by atomic mass is 32.1. The Morgan fingerprint density at radius 2 is 2.03 bits per heavy atom. The number of methoxy groups -OCH3 is 2. The van der Waals surface area contributed by atoms with E-state index in [9.17, 15) is 4.79 Å². The second kappa shape index (κ2) is 10.4. The molecule has 0 saturated carbocycles. The molecule has 6 heteroatoms. The van der Waals surface area contributed by atoms with Gasteiger partial charge in [-0.05, 0) is 54.5 Å². The van der Waals surface area contributed by atoms with E-state index in [2.05, 4.69) is 23.6 Å². The fourth-order valence-corrected chi connectivity index (χ4v) is 4.55. The number of nitrogens with zero attached hydrogens (tertiary/aromatic N) is 2. The van der Waals surface area contributed by atoms with Gasteiger partial charge in [0.25, 0.3) is 0 Å². The fourth-order valence-electron chi connectivity index (χ4n) is 3.74. The number of benzene rings is 1. The number of thiophene rings is 1. The second-order valence-corrected chi connectivity index (χ2v) is 8.47. The summed E-state index contributed by atoms with van der Waals surface area (Å²) < 4.78 is 12.7. The van der Waals surface area contributed by atoms with Crippen LogP contribution in [0.1, 0.15) is 54.2 Å². The second-order valence-electron chi connectivity index (χ2n) is 7.52. The van der Waals surface area contributed by atoms with Gasteiger partial charge in [-0.1, -0.05) is 31.5 Å². The van der Waals surface area contributed by atoms with Crippen LogP contribution in [0.3, 0.4) is 0 Å². The van der Waals surface area contributed by atoms with Gasteiger partial charge < -0.3 is 14.0 Å². The number of carbonyl (C=O) groups is 1. The molecule has 0 bridgehead atoms. The van der Waals surface area contributed by atoms with E-state index >= 15 is 0 Å². The summed E-state index contributed by atoms with van der Waals surface area (Å²) in [7, 11) is 3.11. The number of unbranched alkanes of at least 4 members (excludes halogenated alkanes) is 1. The molecular weight excluding hydrogens is 408 g/mol. The molecule has 0 aliphatic carbocycles. The summed E-state index contributed by atoms with van der Waals surface area (Å²) >= 11 is 1.53. The lowest BCUT2D eigenvalue weighted by atomic mass is 10.0. The third-order valence-corrected chi connectivity index (χ3v) is 6.30. The monoisotopic (exact) mass is 438 g/mol. The molecule has 0 unspecified atom stereocenters. The Labute approximate surface area is 188 Å². The van der Waals surface area contributed by atoms with Gasteiger partial charge in [0, 0.05) is 17.8 Å². The number of esters is 1. The Balaban J connectivity index is 2.10. The van der Waals surface area contributed by atoms with Gasteiger partial charge in [-0.25, -0.2) is 9.78 Å². The Morgan fingerprint density at radius 3 is 2.65 bits per heavy atom. The number of allylic oxidation sites excluding steroid dienone is 1. The van der Waals surface area contributed by atoms with Crippen LogP contribution in [0.15, 0.2) is 41.9 Å². The van der Waals surface area contributed by atoms with E-state index in [4.69, 9.17) is 14.5 Å². The Morgan fingerprint density at radius 1 is 1.23 bits per heavy atom. The minimum absolute atomic E-state index is 0.330. The van der Waals surface area contributed by atoms with E-state index in [1.54, 1.807) is 7.11 Å². The molecule has 1 aromatic carbocycles. The van der Waals surface area contributed by atoms with Crippen LogP contribution >= 0.6 is 11.3 Å². The molecule has 0 fully saturated rings. The number of hydrogen-bond donors (Lipinski definition) is 0. The Bertz CT molecular complexity index is 1060. The van der Waals surface area contributed by atoms with Crippen LogP contribution in [0.2, 0.25) is 0 Å². The SMILES string of the molecule is CCCCc1ncc(/C(C)=C(\C(=O)OC)c2cccs2)n1Cc1ccc(OC)c(C)c1. The Kier molecular flexibility index (Phi) is 7.69. The first kappa shape index (κ1) is 22.8. The summed E-state index contributed by atoms with van der Waals surface area (Å²) in [5.41, 5.74) is 4.66. The van der Waals surface area contributed by atoms with Crippen molar-refractivity contribution in [2.45, 2.75) is 46.6 Å². The van der Waals surface area contributed by atoms with Crippen molar-refractivity contribution < 1.29 is 14.3 Å². The van der Waals surface area contributed by atoms with Crippen LogP contribution in [0, 0.1) is 6.92 Å². The minimum atomic E-state index is -0.330. The van der Waals surface area contributed by atoms with Crippen molar-refractivity contribution in [2.24, 2.45) is 0 Å². The highest BCUT2D eigenvalue weighted by molar-refractivity contribution is 7.11. The van der Waals surface area contributed by atoms with Crippen LogP contribution < -0.4 is 4.74 Å². The zero-order valence-corrected chi connectivity index (χ0v) is 19.7. The van der Waals surface area contributed by atoms with Gasteiger partial charge in [0.2, 0.25) is 0 Å². The zero-order valence-electron chi connectivity index (χ0n) is 18.9. The zero-order chi connectivity index (χ0) is 22.4. The molecule has 164 valence electrons. The van der Waals surface area contributed by atoms with Gasteiger partial charge in [-0.3, -0.25) is 0 Å². The van der Waals surface area contributed by atoms with E-state index in [1.165, 1.54) is 24.0 Å². The molecule has 31 heavy (non-hydrogen) atoms. The lowest BCUT2D eigenvalue weighted by Crippen LogP contribution is -2.11. The van der Waals surface area contributed by atoms with Crippen molar-refractivity contribution in [1.29, 1.82) is 0 Å². The van der Waals surface area contributed by atoms with Gasteiger partial charge in [0.15, 0.2) is 0 Å². The third-order valence-electron chi connectivity index (χ3n) is 5.41. The van der Waals surface area contributed by atoms with Gasteiger partial charge in [-0.15, -0.1) is 11.3 Å². The highest BCUT2D eigenvalue weighted by Crippen LogP contribution is 2.31. The fraction of sp³-hybridized carbons (Fsp3) is 0.360. The van der Waals surface area contributed by atoms with Gasteiger partial charge in [0.05, 0.1) is 31.7 Å². The number of aromatic nitrogens is 2. The number of ether oxygens (including phenoxy) is 2. The predicted molar refractivity (Wildman–Crippen MR) is 126 cm³/mol. The van der Waals surface area contributed by atoms with Crippen LogP contribution in [0.5, 0.6) is 5.75 Å². The van der Waals surface area contributed by atoms with Gasteiger partial charge >= 0.3 is 5.97 Å². The first-order valence-electron chi connectivity index (χ1n) is 10.5. The predicted octanol–water partition coefficient (Wildman–Crippen LogP) is 5.76. The molecule has 0 aliphatic heterocycles. The van der Waals surface area contributed by atoms with Crippen molar-refractivity contribution in [2.75, 3.05) is 14.2 Å². The Hall–Kier alpha value is -2.86. The van der Waals surface area contributed by atoms with E-state index in [-0.39, 0.29) is 5.97 Å². The third kappa shape index (κ3) is 5.07. The lowest BCUT2D eigenvalue weighted by molar-refractivity contribution is -0.133. The maximum atomic E-state index is 12.7. The van der Waals surface area contributed by atoms with E-state index in [0.29, 0.717) is 12.1 Å². The molecule has 3 aromatic rings. The molecular formula is C25H30N2O3S. The maximum Gasteiger partial charge on any atom is 0.339 e. The number of imidazole rings is 1. The molecule has 0 radical (unpaired) electrons. The van der Waals surface area contributed by atoms with Gasteiger partial charge in [0.1, 0.15) is 11.6 Å². The first-order chi connectivity index (χ1) is 15.0. The summed E-state index contributed by atoms with van der Waals surface area (Å²) in [5.74, 6) is 1.57. The quantitative estimate of drug-likeness (QED) is 0.315. The highest BCUT2D eigenvalue weighted by Gasteiger charge is 2.21. The normalized spacial score (nSPS) is 11.9. The summed E-state index contributed by atoms with van der Waals surface area (Å²) in [6.45, 7) is 6.88. The molecule has 0 atom stereocenters. The molecule has 2 aromatic heterocycles. The van der Waals surface area contributed by atoms with E-state index in [1.807, 2.05) is 43.6 Å². The summed E-state index contributed by atoms with van der Waals surface area (Å²) in [4.78, 5) is 18.3. The summed E-state index contributed by atoms with van der Waals surface area (Å²) in [6.07, 6.45) is 4.94. The lowest BCUT2D eigenvalue weighted by Gasteiger charge is -2.16. The number of hydrogen-bond acceptors (Lipinski definition) is 5. The van der Waals surface area contributed by atoms with Crippen molar-refractivity contribution in [3.63, 3.8) is 0 Å². The van der Waals surface area contributed by atoms with Crippen molar-refractivity contribution in [1.82, 2.24) is 9.55 Å². The minimum Gasteiger partial charge on any atom is -0.496 e. The van der Waals surface area contributed by atoms with Crippen molar-refractivity contribution in [3.8, 4) is 5.75 Å². The van der Waals surface area contributed by atoms with Crippen LogP contribution in [0.25, 0.3) is 11.1 Å². The summed E-state index contributed by atoms with van der Waals surface area (Å²) in [5, 5.41) is 1.97. The molecule has 0 saturated heterocycles. The molecule has 0 N–H and O–H groups in total. The van der Waals surface area contributed by atoms with E-state index in [0.717, 1.165) is 52.5 Å². The molecule has 0 amide bonds. The molecule has 0 spiro atoms. The molecule has 2 heterocycles. The topological polar surface area (TPSA) is 53.3 Å². The largest absolute Gasteiger partial charge is 0.496 e. The van der Waals surface area contributed by atoms with Gasteiger partial charge in [-0.2, -0.15) is 0 Å². The molecule has 5 nitrogen and oxygen atoms in total. The number of rotatable bonds is 9.